The molecule has 0 saturated carbocycles. The van der Waals surface area contributed by atoms with Crippen LogP contribution in [0.5, 0.6) is 0 Å². The number of nitrogens with zero attached hydrogens (tertiary/aromatic N) is 4. The molecule has 0 amide bonds. The maximum atomic E-state index is 13.8. The fourth-order valence-electron chi connectivity index (χ4n) is 5.68. The lowest BCUT2D eigenvalue weighted by Crippen LogP contribution is -2.55. The summed E-state index contributed by atoms with van der Waals surface area (Å²) >= 11 is 0. The molecule has 190 valence electrons. The van der Waals surface area contributed by atoms with Gasteiger partial charge in [0.05, 0.1) is 19.4 Å². The van der Waals surface area contributed by atoms with Crippen molar-refractivity contribution in [2.45, 2.75) is 24.4 Å². The second-order valence-electron chi connectivity index (χ2n) is 9.89. The van der Waals surface area contributed by atoms with Crippen LogP contribution in [0.4, 0.5) is 8.78 Å². The predicted molar refractivity (Wildman–Crippen MR) is 144 cm³/mol. The third kappa shape index (κ3) is 4.41. The Kier molecular flexibility index (Phi) is 6.34. The molecule has 2 aromatic heterocycles. The highest BCUT2D eigenvalue weighted by molar-refractivity contribution is 5.54. The number of alkyl halides is 2. The molecule has 6 heteroatoms. The van der Waals surface area contributed by atoms with E-state index in [0.29, 0.717) is 13.0 Å². The summed E-state index contributed by atoms with van der Waals surface area (Å²) in [6.07, 6.45) is 8.08. The van der Waals surface area contributed by atoms with Gasteiger partial charge in [-0.1, -0.05) is 84.9 Å². The molecular formula is C32H28F2N4. The van der Waals surface area contributed by atoms with Crippen molar-refractivity contribution in [3.05, 3.63) is 155 Å². The summed E-state index contributed by atoms with van der Waals surface area (Å²) in [5.41, 5.74) is 5.59. The van der Waals surface area contributed by atoms with Crippen LogP contribution >= 0.6 is 0 Å². The van der Waals surface area contributed by atoms with Gasteiger partial charge >= 0.3 is 0 Å². The smallest absolute Gasteiger partial charge is 0.272 e. The number of likely N-dealkylation sites (tertiary alicyclic amines) is 1. The molecule has 3 heterocycles. The third-order valence-corrected chi connectivity index (χ3v) is 7.31. The van der Waals surface area contributed by atoms with Crippen LogP contribution < -0.4 is 0 Å². The number of hydrogen-bond acceptors (Lipinski definition) is 3. The normalized spacial score (nSPS) is 15.2. The van der Waals surface area contributed by atoms with Crippen LogP contribution in [0, 0.1) is 0 Å². The summed E-state index contributed by atoms with van der Waals surface area (Å²) < 4.78 is 29.8. The third-order valence-electron chi connectivity index (χ3n) is 7.31. The molecule has 4 nitrogen and oxygen atoms in total. The molecule has 0 atom stereocenters. The average molecular weight is 507 g/mol. The number of imidazole rings is 1. The molecule has 3 aromatic carbocycles. The summed E-state index contributed by atoms with van der Waals surface area (Å²) in [5, 5.41) is 0. The molecule has 1 saturated heterocycles. The largest absolute Gasteiger partial charge is 0.316 e. The van der Waals surface area contributed by atoms with E-state index < -0.39 is 11.5 Å². The first-order valence-electron chi connectivity index (χ1n) is 12.8. The SMILES string of the molecule is FC1(F)CN(Cc2ccccc2C(c2ccccc2)(c2ccccc2)n2cncc2Cc2ccncc2)C1. The van der Waals surface area contributed by atoms with Gasteiger partial charge in [0.1, 0.15) is 5.54 Å². The second-order valence-corrected chi connectivity index (χ2v) is 9.89. The first-order chi connectivity index (χ1) is 18.6. The molecule has 0 unspecified atom stereocenters. The minimum Gasteiger partial charge on any atom is -0.316 e. The van der Waals surface area contributed by atoms with Gasteiger partial charge in [-0.2, -0.15) is 0 Å². The summed E-state index contributed by atoms with van der Waals surface area (Å²) in [6.45, 7) is 0.00825. The van der Waals surface area contributed by atoms with Crippen LogP contribution in [-0.2, 0) is 18.5 Å². The fourth-order valence-corrected chi connectivity index (χ4v) is 5.68. The van der Waals surface area contributed by atoms with Crippen LogP contribution in [0.1, 0.15) is 33.5 Å². The Bertz CT molecular complexity index is 1450. The number of benzene rings is 3. The van der Waals surface area contributed by atoms with E-state index in [0.717, 1.165) is 33.5 Å². The van der Waals surface area contributed by atoms with Crippen molar-refractivity contribution in [1.29, 1.82) is 0 Å². The molecule has 0 N–H and O–H groups in total. The Morgan fingerprint density at radius 2 is 1.34 bits per heavy atom. The van der Waals surface area contributed by atoms with E-state index in [4.69, 9.17) is 0 Å². The van der Waals surface area contributed by atoms with Gasteiger partial charge < -0.3 is 4.57 Å². The van der Waals surface area contributed by atoms with Crippen LogP contribution in [-0.4, -0.2) is 38.4 Å². The van der Waals surface area contributed by atoms with Crippen molar-refractivity contribution in [3.63, 3.8) is 0 Å². The van der Waals surface area contributed by atoms with Gasteiger partial charge in [0.2, 0.25) is 0 Å². The first kappa shape index (κ1) is 24.2. The standard InChI is InChI=1S/C32H28F2N4/c33-31(34)22-37(23-31)21-26-9-7-8-14-30(26)32(27-10-3-1-4-11-27,28-12-5-2-6-13-28)38-24-36-20-29(38)19-25-15-17-35-18-16-25/h1-18,20,24H,19,21-23H2. The Balaban J connectivity index is 1.60. The van der Waals surface area contributed by atoms with Crippen molar-refractivity contribution >= 4 is 0 Å². The van der Waals surface area contributed by atoms with Crippen LogP contribution in [0.2, 0.25) is 0 Å². The summed E-state index contributed by atoms with van der Waals surface area (Å²) in [7, 11) is 0. The molecule has 1 aliphatic rings. The Labute approximate surface area is 221 Å². The predicted octanol–water partition coefficient (Wildman–Crippen LogP) is 6.16. The molecule has 6 rings (SSSR count). The average Bonchev–Trinajstić information content (AvgIpc) is 3.39. The van der Waals surface area contributed by atoms with E-state index in [9.17, 15) is 8.78 Å². The van der Waals surface area contributed by atoms with Gasteiger partial charge in [-0.05, 0) is 39.9 Å². The van der Waals surface area contributed by atoms with Gasteiger partial charge in [0.25, 0.3) is 5.92 Å². The molecule has 1 fully saturated rings. The zero-order valence-corrected chi connectivity index (χ0v) is 20.9. The van der Waals surface area contributed by atoms with Gasteiger partial charge in [-0.15, -0.1) is 0 Å². The lowest BCUT2D eigenvalue weighted by Gasteiger charge is -2.42. The van der Waals surface area contributed by atoms with Gasteiger partial charge in [0.15, 0.2) is 0 Å². The van der Waals surface area contributed by atoms with Crippen molar-refractivity contribution in [2.24, 2.45) is 0 Å². The summed E-state index contributed by atoms with van der Waals surface area (Å²) in [6, 6.07) is 33.0. The van der Waals surface area contributed by atoms with E-state index in [1.165, 1.54) is 0 Å². The van der Waals surface area contributed by atoms with Crippen LogP contribution in [0.3, 0.4) is 0 Å². The van der Waals surface area contributed by atoms with Crippen LogP contribution in [0.25, 0.3) is 0 Å². The topological polar surface area (TPSA) is 34.0 Å². The van der Waals surface area contributed by atoms with Crippen molar-refractivity contribution < 1.29 is 8.78 Å². The first-order valence-corrected chi connectivity index (χ1v) is 12.8. The van der Waals surface area contributed by atoms with Crippen molar-refractivity contribution in [1.82, 2.24) is 19.4 Å². The molecule has 38 heavy (non-hydrogen) atoms. The Morgan fingerprint density at radius 1 is 0.737 bits per heavy atom. The molecule has 5 aromatic rings. The van der Waals surface area contributed by atoms with E-state index in [1.807, 2.05) is 78.1 Å². The highest BCUT2D eigenvalue weighted by atomic mass is 19.3. The minimum atomic E-state index is -2.62. The van der Waals surface area contributed by atoms with E-state index in [1.54, 1.807) is 12.4 Å². The van der Waals surface area contributed by atoms with Gasteiger partial charge in [0, 0.05) is 37.3 Å². The van der Waals surface area contributed by atoms with E-state index >= 15 is 0 Å². The van der Waals surface area contributed by atoms with Gasteiger partial charge in [-0.3, -0.25) is 9.88 Å². The lowest BCUT2D eigenvalue weighted by molar-refractivity contribution is -0.134. The zero-order valence-electron chi connectivity index (χ0n) is 20.9. The highest BCUT2D eigenvalue weighted by Crippen LogP contribution is 2.44. The molecule has 0 spiro atoms. The molecule has 0 radical (unpaired) electrons. The summed E-state index contributed by atoms with van der Waals surface area (Å²) in [4.78, 5) is 10.6. The molecule has 1 aliphatic heterocycles. The maximum absolute atomic E-state index is 13.8. The fraction of sp³-hybridized carbons (Fsp3) is 0.188. The van der Waals surface area contributed by atoms with Crippen LogP contribution in [0.15, 0.2) is 122 Å². The Morgan fingerprint density at radius 3 is 1.97 bits per heavy atom. The molecular weight excluding hydrogens is 478 g/mol. The van der Waals surface area contributed by atoms with E-state index in [2.05, 4.69) is 50.9 Å². The van der Waals surface area contributed by atoms with Crippen molar-refractivity contribution in [2.75, 3.05) is 13.1 Å². The number of pyridine rings is 1. The highest BCUT2D eigenvalue weighted by Gasteiger charge is 2.45. The zero-order chi connectivity index (χ0) is 26.0. The Hall–Kier alpha value is -4.16. The van der Waals surface area contributed by atoms with Gasteiger partial charge in [-0.25, -0.2) is 13.8 Å². The number of halogens is 2. The van der Waals surface area contributed by atoms with E-state index in [-0.39, 0.29) is 13.1 Å². The number of aromatic nitrogens is 3. The second kappa shape index (κ2) is 9.95. The monoisotopic (exact) mass is 506 g/mol. The molecule has 0 aliphatic carbocycles. The number of rotatable bonds is 8. The number of hydrogen-bond donors (Lipinski definition) is 0. The lowest BCUT2D eigenvalue weighted by atomic mass is 9.74. The summed E-state index contributed by atoms with van der Waals surface area (Å²) in [5.74, 6) is -2.62. The minimum absolute atomic E-state index is 0.219. The quantitative estimate of drug-likeness (QED) is 0.236. The van der Waals surface area contributed by atoms with Crippen molar-refractivity contribution in [3.8, 4) is 0 Å². The molecule has 0 bridgehead atoms. The maximum Gasteiger partial charge on any atom is 0.272 e.